The number of aryl methyl sites for hydroxylation is 1. The minimum Gasteiger partial charge on any atom is -0.351 e. The lowest BCUT2D eigenvalue weighted by molar-refractivity contribution is -0.132. The second kappa shape index (κ2) is 9.84. The van der Waals surface area contributed by atoms with E-state index in [0.717, 1.165) is 24.2 Å². The number of hydrogen-bond donors (Lipinski definition) is 1. The van der Waals surface area contributed by atoms with Gasteiger partial charge in [0.1, 0.15) is 0 Å². The molecule has 2 aromatic heterocycles. The molecule has 0 spiro atoms. The van der Waals surface area contributed by atoms with E-state index in [0.29, 0.717) is 49.9 Å². The average Bonchev–Trinajstić information content (AvgIpc) is 3.47. The van der Waals surface area contributed by atoms with Gasteiger partial charge in [0.05, 0.1) is 6.54 Å². The number of aromatic nitrogens is 2. The van der Waals surface area contributed by atoms with E-state index >= 15 is 0 Å². The molecule has 0 atom stereocenters. The van der Waals surface area contributed by atoms with Crippen LogP contribution in [-0.2, 0) is 11.3 Å². The van der Waals surface area contributed by atoms with E-state index in [1.54, 1.807) is 11.4 Å². The van der Waals surface area contributed by atoms with Gasteiger partial charge in [-0.3, -0.25) is 14.5 Å². The quantitative estimate of drug-likeness (QED) is 0.608. The highest BCUT2D eigenvalue weighted by atomic mass is 32.1. The van der Waals surface area contributed by atoms with Gasteiger partial charge >= 0.3 is 0 Å². The molecule has 0 bridgehead atoms. The maximum atomic E-state index is 12.4. The van der Waals surface area contributed by atoms with Crippen LogP contribution in [0.15, 0.2) is 45.6 Å². The first-order valence-electron chi connectivity index (χ1n) is 10.3. The van der Waals surface area contributed by atoms with E-state index in [9.17, 15) is 9.59 Å². The molecule has 162 valence electrons. The average molecular weight is 440 g/mol. The van der Waals surface area contributed by atoms with Crippen molar-refractivity contribution in [3.8, 4) is 11.4 Å². The van der Waals surface area contributed by atoms with Crippen molar-refractivity contribution in [2.75, 3.05) is 32.7 Å². The molecule has 0 aliphatic carbocycles. The van der Waals surface area contributed by atoms with E-state index in [2.05, 4.69) is 20.4 Å². The van der Waals surface area contributed by atoms with E-state index in [1.807, 2.05) is 41.5 Å². The summed E-state index contributed by atoms with van der Waals surface area (Å²) in [5.41, 5.74) is 2.71. The molecule has 1 fully saturated rings. The fourth-order valence-electron chi connectivity index (χ4n) is 3.54. The van der Waals surface area contributed by atoms with Crippen LogP contribution in [0.25, 0.3) is 11.4 Å². The molecule has 0 saturated carbocycles. The van der Waals surface area contributed by atoms with Crippen LogP contribution in [0.5, 0.6) is 0 Å². The van der Waals surface area contributed by atoms with Crippen LogP contribution < -0.4 is 5.32 Å². The number of benzene rings is 1. The smallest absolute Gasteiger partial charge is 0.252 e. The number of nitrogens with zero attached hydrogens (tertiary/aromatic N) is 4. The molecule has 4 rings (SSSR count). The van der Waals surface area contributed by atoms with Crippen molar-refractivity contribution in [1.29, 1.82) is 0 Å². The van der Waals surface area contributed by atoms with Crippen LogP contribution in [-0.4, -0.2) is 64.5 Å². The number of piperazine rings is 1. The zero-order valence-electron chi connectivity index (χ0n) is 17.4. The maximum Gasteiger partial charge on any atom is 0.252 e. The molecule has 1 saturated heterocycles. The number of rotatable bonds is 7. The first-order valence-corrected chi connectivity index (χ1v) is 11.2. The Morgan fingerprint density at radius 3 is 2.71 bits per heavy atom. The van der Waals surface area contributed by atoms with Crippen LogP contribution in [0.1, 0.15) is 28.2 Å². The Kier molecular flexibility index (Phi) is 6.73. The van der Waals surface area contributed by atoms with Crippen molar-refractivity contribution < 1.29 is 14.1 Å². The summed E-state index contributed by atoms with van der Waals surface area (Å²) in [6.07, 6.45) is 0.305. The van der Waals surface area contributed by atoms with Crippen molar-refractivity contribution in [2.45, 2.75) is 19.9 Å². The van der Waals surface area contributed by atoms with Crippen LogP contribution >= 0.6 is 11.3 Å². The monoisotopic (exact) mass is 439 g/mol. The van der Waals surface area contributed by atoms with Gasteiger partial charge in [-0.2, -0.15) is 16.3 Å². The third kappa shape index (κ3) is 5.36. The Balaban J connectivity index is 1.20. The van der Waals surface area contributed by atoms with Gasteiger partial charge in [-0.15, -0.1) is 0 Å². The minimum atomic E-state index is -0.136. The van der Waals surface area contributed by atoms with E-state index < -0.39 is 0 Å². The number of nitrogens with one attached hydrogen (secondary N) is 1. The molecule has 9 heteroatoms. The third-order valence-electron chi connectivity index (χ3n) is 5.35. The highest BCUT2D eigenvalue weighted by Crippen LogP contribution is 2.20. The second-order valence-electron chi connectivity index (χ2n) is 7.50. The number of hydrogen-bond acceptors (Lipinski definition) is 7. The Bertz CT molecular complexity index is 1030. The van der Waals surface area contributed by atoms with E-state index in [-0.39, 0.29) is 11.8 Å². The number of carbonyl (C=O) groups excluding carboxylic acids is 2. The van der Waals surface area contributed by atoms with Crippen molar-refractivity contribution in [1.82, 2.24) is 25.3 Å². The molecule has 2 amide bonds. The Morgan fingerprint density at radius 2 is 1.97 bits per heavy atom. The van der Waals surface area contributed by atoms with Gasteiger partial charge in [-0.1, -0.05) is 29.4 Å². The van der Waals surface area contributed by atoms with Crippen LogP contribution in [0.4, 0.5) is 0 Å². The lowest BCUT2D eigenvalue weighted by Crippen LogP contribution is -2.48. The normalized spacial score (nSPS) is 14.5. The Morgan fingerprint density at radius 1 is 1.16 bits per heavy atom. The maximum absolute atomic E-state index is 12.4. The van der Waals surface area contributed by atoms with Gasteiger partial charge in [0.2, 0.25) is 17.6 Å². The summed E-state index contributed by atoms with van der Waals surface area (Å²) in [5.74, 6) is 1.11. The first kappa shape index (κ1) is 21.2. The first-order chi connectivity index (χ1) is 15.1. The Labute approximate surface area is 184 Å². The third-order valence-corrected chi connectivity index (χ3v) is 6.03. The van der Waals surface area contributed by atoms with Crippen molar-refractivity contribution in [2.24, 2.45) is 0 Å². The number of carbonyl (C=O) groups is 2. The fraction of sp³-hybridized carbons (Fsp3) is 0.364. The lowest BCUT2D eigenvalue weighted by atomic mass is 10.1. The van der Waals surface area contributed by atoms with Crippen molar-refractivity contribution in [3.63, 3.8) is 0 Å². The SMILES string of the molecule is Cc1ccccc1-c1noc(CN2CCN(C(=O)CCNC(=O)c3ccsc3)CC2)n1. The van der Waals surface area contributed by atoms with Gasteiger partial charge in [-0.25, -0.2) is 0 Å². The zero-order chi connectivity index (χ0) is 21.6. The van der Waals surface area contributed by atoms with Crippen LogP contribution in [0.3, 0.4) is 0 Å². The summed E-state index contributed by atoms with van der Waals surface area (Å²) in [7, 11) is 0. The molecule has 31 heavy (non-hydrogen) atoms. The highest BCUT2D eigenvalue weighted by molar-refractivity contribution is 7.08. The molecule has 8 nitrogen and oxygen atoms in total. The lowest BCUT2D eigenvalue weighted by Gasteiger charge is -2.34. The van der Waals surface area contributed by atoms with Crippen LogP contribution in [0, 0.1) is 6.92 Å². The highest BCUT2D eigenvalue weighted by Gasteiger charge is 2.22. The van der Waals surface area contributed by atoms with Gasteiger partial charge < -0.3 is 14.7 Å². The minimum absolute atomic E-state index is 0.0601. The zero-order valence-corrected chi connectivity index (χ0v) is 18.2. The molecular formula is C22H25N5O3S. The molecular weight excluding hydrogens is 414 g/mol. The summed E-state index contributed by atoms with van der Waals surface area (Å²) in [6.45, 7) is 5.72. The van der Waals surface area contributed by atoms with Gasteiger partial charge in [0.25, 0.3) is 5.91 Å². The number of thiophene rings is 1. The molecule has 0 unspecified atom stereocenters. The summed E-state index contributed by atoms with van der Waals surface area (Å²) in [5, 5.41) is 10.6. The molecule has 3 heterocycles. The molecule has 1 N–H and O–H groups in total. The predicted molar refractivity (Wildman–Crippen MR) is 118 cm³/mol. The van der Waals surface area contributed by atoms with Crippen LogP contribution in [0.2, 0.25) is 0 Å². The summed E-state index contributed by atoms with van der Waals surface area (Å²) < 4.78 is 5.43. The summed E-state index contributed by atoms with van der Waals surface area (Å²) >= 11 is 1.48. The van der Waals surface area contributed by atoms with Gasteiger partial charge in [0, 0.05) is 55.7 Å². The predicted octanol–water partition coefficient (Wildman–Crippen LogP) is 2.57. The Hall–Kier alpha value is -3.04. The summed E-state index contributed by atoms with van der Waals surface area (Å²) in [4.78, 5) is 33.0. The second-order valence-corrected chi connectivity index (χ2v) is 8.28. The molecule has 0 radical (unpaired) electrons. The topological polar surface area (TPSA) is 91.6 Å². The molecule has 1 aliphatic heterocycles. The molecule has 1 aromatic carbocycles. The van der Waals surface area contributed by atoms with Crippen molar-refractivity contribution >= 4 is 23.2 Å². The number of amides is 2. The fourth-order valence-corrected chi connectivity index (χ4v) is 4.17. The van der Waals surface area contributed by atoms with E-state index in [1.165, 1.54) is 11.3 Å². The largest absolute Gasteiger partial charge is 0.351 e. The van der Waals surface area contributed by atoms with Gasteiger partial charge in [0.15, 0.2) is 0 Å². The van der Waals surface area contributed by atoms with Gasteiger partial charge in [-0.05, 0) is 23.9 Å². The standard InChI is InChI=1S/C22H25N5O3S/c1-16-4-2-3-5-18(16)21-24-19(30-25-21)14-26-9-11-27(12-10-26)20(28)6-8-23-22(29)17-7-13-31-15-17/h2-5,7,13,15H,6,8-12,14H2,1H3,(H,23,29). The molecule has 3 aromatic rings. The van der Waals surface area contributed by atoms with Crippen molar-refractivity contribution in [3.05, 3.63) is 58.1 Å². The molecule has 1 aliphatic rings. The summed E-state index contributed by atoms with van der Waals surface area (Å²) in [6, 6.07) is 9.72. The van der Waals surface area contributed by atoms with E-state index in [4.69, 9.17) is 4.52 Å².